The molecule has 1 aromatic rings. The zero-order chi connectivity index (χ0) is 10.4. The molecule has 0 N–H and O–H groups in total. The molecule has 0 aliphatic carbocycles. The lowest BCUT2D eigenvalue weighted by Gasteiger charge is -2.16. The highest BCUT2D eigenvalue weighted by atomic mass is 35.5. The Hall–Kier alpha value is -1.04. The first-order valence-corrected chi connectivity index (χ1v) is 4.97. The summed E-state index contributed by atoms with van der Waals surface area (Å²) in [5.74, 6) is 0. The lowest BCUT2D eigenvalue weighted by Crippen LogP contribution is -2.22. The predicted octanol–water partition coefficient (Wildman–Crippen LogP) is 2.69. The molecule has 14 heavy (non-hydrogen) atoms. The number of nitriles is 1. The summed E-state index contributed by atoms with van der Waals surface area (Å²) in [6.45, 7) is 4.21. The molecule has 0 fully saturated rings. The van der Waals surface area contributed by atoms with Crippen molar-refractivity contribution in [3.8, 4) is 6.07 Å². The van der Waals surface area contributed by atoms with Crippen LogP contribution in [0.15, 0.2) is 24.3 Å². The summed E-state index contributed by atoms with van der Waals surface area (Å²) in [6.07, 6.45) is 0. The third-order valence-corrected chi connectivity index (χ3v) is 2.31. The highest BCUT2D eigenvalue weighted by molar-refractivity contribution is 6.30. The van der Waals surface area contributed by atoms with Crippen molar-refractivity contribution in [2.24, 2.45) is 0 Å². The van der Waals surface area contributed by atoms with E-state index in [1.54, 1.807) is 0 Å². The molecule has 0 aliphatic rings. The number of halogens is 1. The normalized spacial score (nSPS) is 10.1. The van der Waals surface area contributed by atoms with E-state index in [2.05, 4.69) is 11.0 Å². The van der Waals surface area contributed by atoms with Crippen molar-refractivity contribution in [3.63, 3.8) is 0 Å². The fourth-order valence-corrected chi connectivity index (χ4v) is 1.35. The summed E-state index contributed by atoms with van der Waals surface area (Å²) in [5.41, 5.74) is 1.19. The van der Waals surface area contributed by atoms with Gasteiger partial charge >= 0.3 is 0 Å². The Balaban J connectivity index is 2.59. The second-order valence-electron chi connectivity index (χ2n) is 3.09. The smallest absolute Gasteiger partial charge is 0.0868 e. The van der Waals surface area contributed by atoms with Gasteiger partial charge in [-0.15, -0.1) is 0 Å². The molecule has 0 radical (unpaired) electrons. The van der Waals surface area contributed by atoms with Gasteiger partial charge in [-0.25, -0.2) is 0 Å². The topological polar surface area (TPSA) is 27.0 Å². The van der Waals surface area contributed by atoms with Crippen LogP contribution in [0, 0.1) is 11.3 Å². The van der Waals surface area contributed by atoms with E-state index in [4.69, 9.17) is 16.9 Å². The predicted molar refractivity (Wildman–Crippen MR) is 58.0 cm³/mol. The maximum atomic E-state index is 8.58. The maximum absolute atomic E-state index is 8.58. The first-order valence-electron chi connectivity index (χ1n) is 4.60. The molecule has 0 saturated carbocycles. The zero-order valence-electron chi connectivity index (χ0n) is 8.20. The van der Waals surface area contributed by atoms with Crippen molar-refractivity contribution < 1.29 is 0 Å². The van der Waals surface area contributed by atoms with Crippen LogP contribution < -0.4 is 0 Å². The molecule has 0 spiro atoms. The summed E-state index contributed by atoms with van der Waals surface area (Å²) in [6, 6.07) is 9.87. The average molecular weight is 209 g/mol. The Kier molecular flexibility index (Phi) is 4.45. The van der Waals surface area contributed by atoms with E-state index in [0.29, 0.717) is 6.54 Å². The van der Waals surface area contributed by atoms with E-state index < -0.39 is 0 Å². The number of hydrogen-bond donors (Lipinski definition) is 0. The SMILES string of the molecule is CCN(CC#N)Cc1ccc(Cl)cc1. The van der Waals surface area contributed by atoms with Gasteiger partial charge in [-0.3, -0.25) is 4.90 Å². The van der Waals surface area contributed by atoms with Gasteiger partial charge in [-0.1, -0.05) is 30.7 Å². The van der Waals surface area contributed by atoms with Crippen LogP contribution in [0.5, 0.6) is 0 Å². The number of rotatable bonds is 4. The second-order valence-corrected chi connectivity index (χ2v) is 3.52. The average Bonchev–Trinajstić information content (AvgIpc) is 2.20. The van der Waals surface area contributed by atoms with E-state index in [9.17, 15) is 0 Å². The van der Waals surface area contributed by atoms with Crippen molar-refractivity contribution in [2.75, 3.05) is 13.1 Å². The minimum absolute atomic E-state index is 0.471. The van der Waals surface area contributed by atoms with Crippen LogP contribution in [0.1, 0.15) is 12.5 Å². The van der Waals surface area contributed by atoms with Crippen molar-refractivity contribution in [2.45, 2.75) is 13.5 Å². The number of nitrogens with zero attached hydrogens (tertiary/aromatic N) is 2. The molecule has 0 atom stereocenters. The van der Waals surface area contributed by atoms with E-state index in [1.165, 1.54) is 5.56 Å². The third kappa shape index (κ3) is 3.37. The Bertz CT molecular complexity index is 313. The molecular formula is C11H13ClN2. The van der Waals surface area contributed by atoms with Gasteiger partial charge in [0.2, 0.25) is 0 Å². The van der Waals surface area contributed by atoms with Gasteiger partial charge < -0.3 is 0 Å². The largest absolute Gasteiger partial charge is 0.287 e. The third-order valence-electron chi connectivity index (χ3n) is 2.06. The van der Waals surface area contributed by atoms with Crippen LogP contribution in [0.3, 0.4) is 0 Å². The van der Waals surface area contributed by atoms with Crippen LogP contribution in [-0.2, 0) is 6.54 Å². The van der Waals surface area contributed by atoms with Crippen LogP contribution in [0.25, 0.3) is 0 Å². The molecule has 1 aromatic carbocycles. The maximum Gasteiger partial charge on any atom is 0.0868 e. The van der Waals surface area contributed by atoms with Crippen molar-refractivity contribution >= 4 is 11.6 Å². The van der Waals surface area contributed by atoms with Crippen LogP contribution in [-0.4, -0.2) is 18.0 Å². The van der Waals surface area contributed by atoms with Gasteiger partial charge in [0.05, 0.1) is 12.6 Å². The van der Waals surface area contributed by atoms with E-state index in [0.717, 1.165) is 18.1 Å². The Morgan fingerprint density at radius 1 is 1.36 bits per heavy atom. The monoisotopic (exact) mass is 208 g/mol. The summed E-state index contributed by atoms with van der Waals surface area (Å²) in [4.78, 5) is 2.07. The highest BCUT2D eigenvalue weighted by Crippen LogP contribution is 2.11. The minimum Gasteiger partial charge on any atom is -0.287 e. The van der Waals surface area contributed by atoms with Crippen molar-refractivity contribution in [1.82, 2.24) is 4.90 Å². The Morgan fingerprint density at radius 3 is 2.50 bits per heavy atom. The van der Waals surface area contributed by atoms with E-state index in [1.807, 2.05) is 31.2 Å². The Morgan fingerprint density at radius 2 is 2.00 bits per heavy atom. The van der Waals surface area contributed by atoms with Gasteiger partial charge in [0.25, 0.3) is 0 Å². The lowest BCUT2D eigenvalue weighted by molar-refractivity contribution is 0.315. The molecular weight excluding hydrogens is 196 g/mol. The van der Waals surface area contributed by atoms with Crippen LogP contribution in [0.4, 0.5) is 0 Å². The fourth-order valence-electron chi connectivity index (χ4n) is 1.23. The molecule has 0 bridgehead atoms. The van der Waals surface area contributed by atoms with Gasteiger partial charge in [0, 0.05) is 11.6 Å². The van der Waals surface area contributed by atoms with Crippen molar-refractivity contribution in [1.29, 1.82) is 5.26 Å². The van der Waals surface area contributed by atoms with Gasteiger partial charge in [0.1, 0.15) is 0 Å². The molecule has 0 saturated heterocycles. The van der Waals surface area contributed by atoms with E-state index in [-0.39, 0.29) is 0 Å². The van der Waals surface area contributed by atoms with Gasteiger partial charge in [0.15, 0.2) is 0 Å². The summed E-state index contributed by atoms with van der Waals surface area (Å²) in [5, 5.41) is 9.32. The van der Waals surface area contributed by atoms with Gasteiger partial charge in [-0.2, -0.15) is 5.26 Å². The Labute approximate surface area is 89.7 Å². The van der Waals surface area contributed by atoms with Gasteiger partial charge in [-0.05, 0) is 24.2 Å². The molecule has 2 nitrogen and oxygen atoms in total. The summed E-state index contributed by atoms with van der Waals surface area (Å²) in [7, 11) is 0. The molecule has 0 aromatic heterocycles. The van der Waals surface area contributed by atoms with Crippen molar-refractivity contribution in [3.05, 3.63) is 34.9 Å². The summed E-state index contributed by atoms with van der Waals surface area (Å²) >= 11 is 5.78. The molecule has 3 heteroatoms. The molecule has 0 amide bonds. The quantitative estimate of drug-likeness (QED) is 0.712. The molecule has 0 heterocycles. The zero-order valence-corrected chi connectivity index (χ0v) is 8.96. The molecule has 74 valence electrons. The fraction of sp³-hybridized carbons (Fsp3) is 0.364. The first kappa shape index (κ1) is 11.0. The molecule has 0 unspecified atom stereocenters. The number of benzene rings is 1. The lowest BCUT2D eigenvalue weighted by atomic mass is 10.2. The molecule has 0 aliphatic heterocycles. The first-order chi connectivity index (χ1) is 6.76. The standard InChI is InChI=1S/C11H13ClN2/c1-2-14(8-7-13)9-10-3-5-11(12)6-4-10/h3-6H,2,8-9H2,1H3. The second kappa shape index (κ2) is 5.64. The van der Waals surface area contributed by atoms with Crippen LogP contribution >= 0.6 is 11.6 Å². The molecule has 1 rings (SSSR count). The van der Waals surface area contributed by atoms with Crippen LogP contribution in [0.2, 0.25) is 5.02 Å². The minimum atomic E-state index is 0.471. The highest BCUT2D eigenvalue weighted by Gasteiger charge is 2.02. The summed E-state index contributed by atoms with van der Waals surface area (Å²) < 4.78 is 0. The van der Waals surface area contributed by atoms with E-state index >= 15 is 0 Å². The number of hydrogen-bond acceptors (Lipinski definition) is 2.